The molecule has 0 aromatic carbocycles. The fourth-order valence-electron chi connectivity index (χ4n) is 0.904. The number of hydrogen-bond acceptors (Lipinski definition) is 3. The minimum Gasteiger partial charge on any atom is -0.313 e. The van der Waals surface area contributed by atoms with Crippen LogP contribution in [0.2, 0.25) is 0 Å². The van der Waals surface area contributed by atoms with Crippen molar-refractivity contribution in [3.05, 3.63) is 24.8 Å². The summed E-state index contributed by atoms with van der Waals surface area (Å²) in [4.78, 5) is 4.11. The number of hydrogen-bond donors (Lipinski definition) is 1. The molecule has 1 heterocycles. The van der Waals surface area contributed by atoms with Crippen LogP contribution in [0.4, 0.5) is 0 Å². The van der Waals surface area contributed by atoms with Crippen LogP contribution >= 0.6 is 0 Å². The van der Waals surface area contributed by atoms with Crippen LogP contribution in [0.3, 0.4) is 0 Å². The molecular weight excluding hydrogens is 152 g/mol. The van der Waals surface area contributed by atoms with Crippen LogP contribution in [0.25, 0.3) is 0 Å². The molecule has 0 atom stereocenters. The fourth-order valence-corrected chi connectivity index (χ4v) is 0.904. The van der Waals surface area contributed by atoms with E-state index in [4.69, 9.17) is 0 Å². The van der Waals surface area contributed by atoms with E-state index in [0.29, 0.717) is 0 Å². The Kier molecular flexibility index (Phi) is 3.47. The maximum Gasteiger partial charge on any atom is 0.164 e. The van der Waals surface area contributed by atoms with Crippen LogP contribution in [0.5, 0.6) is 0 Å². The Morgan fingerprint density at radius 3 is 3.25 bits per heavy atom. The normalized spacial score (nSPS) is 10.1. The molecule has 0 saturated carbocycles. The summed E-state index contributed by atoms with van der Waals surface area (Å²) in [6, 6.07) is 0. The second-order valence-corrected chi connectivity index (χ2v) is 2.53. The summed E-state index contributed by atoms with van der Waals surface area (Å²) in [5.74, 6) is 0.835. The fraction of sp³-hybridized carbons (Fsp3) is 0.500. The van der Waals surface area contributed by atoms with Crippen molar-refractivity contribution >= 4 is 0 Å². The monoisotopic (exact) mass is 166 g/mol. The van der Waals surface area contributed by atoms with E-state index in [1.165, 1.54) is 0 Å². The number of allylic oxidation sites excluding steroid dienone is 1. The Morgan fingerprint density at radius 2 is 2.58 bits per heavy atom. The summed E-state index contributed by atoms with van der Waals surface area (Å²) in [6.45, 7) is 5.23. The van der Waals surface area contributed by atoms with Crippen molar-refractivity contribution in [1.82, 2.24) is 20.1 Å². The van der Waals surface area contributed by atoms with Gasteiger partial charge in [0.05, 0.1) is 6.54 Å². The smallest absolute Gasteiger partial charge is 0.164 e. The van der Waals surface area contributed by atoms with E-state index in [1.54, 1.807) is 6.33 Å². The Morgan fingerprint density at radius 1 is 1.75 bits per heavy atom. The van der Waals surface area contributed by atoms with Gasteiger partial charge in [0.25, 0.3) is 0 Å². The van der Waals surface area contributed by atoms with E-state index >= 15 is 0 Å². The minimum atomic E-state index is 0.723. The van der Waals surface area contributed by atoms with Crippen molar-refractivity contribution in [2.75, 3.05) is 7.05 Å². The van der Waals surface area contributed by atoms with E-state index in [-0.39, 0.29) is 0 Å². The van der Waals surface area contributed by atoms with Gasteiger partial charge in [-0.25, -0.2) is 4.98 Å². The molecule has 0 bridgehead atoms. The van der Waals surface area contributed by atoms with Crippen LogP contribution in [0.15, 0.2) is 19.0 Å². The van der Waals surface area contributed by atoms with E-state index in [2.05, 4.69) is 22.0 Å². The molecule has 12 heavy (non-hydrogen) atoms. The highest BCUT2D eigenvalue weighted by atomic mass is 15.3. The highest BCUT2D eigenvalue weighted by Crippen LogP contribution is 1.91. The first kappa shape index (κ1) is 8.93. The van der Waals surface area contributed by atoms with Gasteiger partial charge in [-0.1, -0.05) is 6.08 Å². The SMILES string of the molecule is C=CCCn1cnc(CNC)n1. The van der Waals surface area contributed by atoms with Crippen molar-refractivity contribution in [3.63, 3.8) is 0 Å². The van der Waals surface area contributed by atoms with Crippen molar-refractivity contribution in [3.8, 4) is 0 Å². The number of rotatable bonds is 5. The lowest BCUT2D eigenvalue weighted by Crippen LogP contribution is -2.07. The Bertz CT molecular complexity index is 241. The van der Waals surface area contributed by atoms with Crippen LogP contribution in [0, 0.1) is 0 Å². The molecule has 1 aromatic rings. The quantitative estimate of drug-likeness (QED) is 0.650. The van der Waals surface area contributed by atoms with Gasteiger partial charge in [-0.2, -0.15) is 5.10 Å². The zero-order valence-electron chi connectivity index (χ0n) is 7.32. The van der Waals surface area contributed by atoms with E-state index in [0.717, 1.165) is 25.3 Å². The molecule has 1 aromatic heterocycles. The van der Waals surface area contributed by atoms with Gasteiger partial charge in [-0.3, -0.25) is 4.68 Å². The Balaban J connectivity index is 2.46. The van der Waals surface area contributed by atoms with Crippen LogP contribution < -0.4 is 5.32 Å². The Labute approximate surface area is 72.3 Å². The first-order valence-corrected chi connectivity index (χ1v) is 4.00. The first-order valence-electron chi connectivity index (χ1n) is 4.00. The molecule has 0 unspecified atom stereocenters. The molecule has 0 amide bonds. The third kappa shape index (κ3) is 2.47. The molecule has 1 rings (SSSR count). The van der Waals surface area contributed by atoms with Gasteiger partial charge in [-0.15, -0.1) is 6.58 Å². The Hall–Kier alpha value is -1.16. The van der Waals surface area contributed by atoms with Gasteiger partial charge >= 0.3 is 0 Å². The van der Waals surface area contributed by atoms with Gasteiger partial charge in [0, 0.05) is 6.54 Å². The predicted molar refractivity (Wildman–Crippen MR) is 47.6 cm³/mol. The summed E-state index contributed by atoms with van der Waals surface area (Å²) in [7, 11) is 1.88. The molecule has 0 aliphatic rings. The van der Waals surface area contributed by atoms with Gasteiger partial charge < -0.3 is 5.32 Å². The third-order valence-electron chi connectivity index (χ3n) is 1.48. The number of aryl methyl sites for hydroxylation is 1. The standard InChI is InChI=1S/C8H14N4/c1-3-4-5-12-7-10-8(11-12)6-9-2/h3,7,9H,1,4-6H2,2H3. The largest absolute Gasteiger partial charge is 0.313 e. The molecule has 0 aliphatic heterocycles. The molecule has 1 N–H and O–H groups in total. The van der Waals surface area contributed by atoms with Crippen molar-refractivity contribution < 1.29 is 0 Å². The molecular formula is C8H14N4. The molecule has 0 fully saturated rings. The summed E-state index contributed by atoms with van der Waals surface area (Å²) in [6.07, 6.45) is 4.55. The average Bonchev–Trinajstić information content (AvgIpc) is 2.50. The van der Waals surface area contributed by atoms with Gasteiger partial charge in [0.1, 0.15) is 6.33 Å². The zero-order valence-corrected chi connectivity index (χ0v) is 7.32. The number of nitrogens with zero attached hydrogens (tertiary/aromatic N) is 3. The lowest BCUT2D eigenvalue weighted by Gasteiger charge is -1.94. The van der Waals surface area contributed by atoms with Gasteiger partial charge in [0.15, 0.2) is 5.82 Å². The summed E-state index contributed by atoms with van der Waals surface area (Å²) >= 11 is 0. The maximum atomic E-state index is 4.23. The molecule has 0 radical (unpaired) electrons. The summed E-state index contributed by atoms with van der Waals surface area (Å²) in [5.41, 5.74) is 0. The number of aromatic nitrogens is 3. The topological polar surface area (TPSA) is 42.7 Å². The van der Waals surface area contributed by atoms with E-state index in [9.17, 15) is 0 Å². The highest BCUT2D eigenvalue weighted by Gasteiger charge is 1.96. The zero-order chi connectivity index (χ0) is 8.81. The number of nitrogens with one attached hydrogen (secondary N) is 1. The lowest BCUT2D eigenvalue weighted by atomic mass is 10.4. The van der Waals surface area contributed by atoms with Gasteiger partial charge in [0.2, 0.25) is 0 Å². The predicted octanol–water partition coefficient (Wildman–Crippen LogP) is 0.574. The summed E-state index contributed by atoms with van der Waals surface area (Å²) in [5, 5.41) is 7.23. The first-order chi connectivity index (χ1) is 5.86. The molecule has 0 aliphatic carbocycles. The van der Waals surface area contributed by atoms with Crippen LogP contribution in [-0.2, 0) is 13.1 Å². The van der Waals surface area contributed by atoms with Crippen molar-refractivity contribution in [2.24, 2.45) is 0 Å². The highest BCUT2D eigenvalue weighted by molar-refractivity contribution is 4.80. The van der Waals surface area contributed by atoms with Crippen molar-refractivity contribution in [2.45, 2.75) is 19.5 Å². The van der Waals surface area contributed by atoms with E-state index in [1.807, 2.05) is 17.8 Å². The van der Waals surface area contributed by atoms with Gasteiger partial charge in [-0.05, 0) is 13.5 Å². The third-order valence-corrected chi connectivity index (χ3v) is 1.48. The maximum absolute atomic E-state index is 4.23. The average molecular weight is 166 g/mol. The molecule has 0 spiro atoms. The molecule has 0 saturated heterocycles. The second-order valence-electron chi connectivity index (χ2n) is 2.53. The molecule has 4 nitrogen and oxygen atoms in total. The van der Waals surface area contributed by atoms with Crippen LogP contribution in [0.1, 0.15) is 12.2 Å². The molecule has 66 valence electrons. The second kappa shape index (κ2) is 4.66. The van der Waals surface area contributed by atoms with Crippen LogP contribution in [-0.4, -0.2) is 21.8 Å². The lowest BCUT2D eigenvalue weighted by molar-refractivity contribution is 0.608. The minimum absolute atomic E-state index is 0.723. The molecule has 4 heteroatoms. The van der Waals surface area contributed by atoms with Crippen molar-refractivity contribution in [1.29, 1.82) is 0 Å². The van der Waals surface area contributed by atoms with E-state index < -0.39 is 0 Å². The summed E-state index contributed by atoms with van der Waals surface area (Å²) < 4.78 is 1.83.